The van der Waals surface area contributed by atoms with Crippen molar-refractivity contribution in [3.05, 3.63) is 47.2 Å². The van der Waals surface area contributed by atoms with Crippen LogP contribution in [0.3, 0.4) is 0 Å². The van der Waals surface area contributed by atoms with Crippen molar-refractivity contribution in [2.75, 3.05) is 26.8 Å². The molecule has 0 spiro atoms. The summed E-state index contributed by atoms with van der Waals surface area (Å²) in [6, 6.07) is 6.73. The van der Waals surface area contributed by atoms with Gasteiger partial charge in [-0.3, -0.25) is 4.90 Å². The zero-order chi connectivity index (χ0) is 21.0. The second-order valence-electron chi connectivity index (χ2n) is 8.63. The Morgan fingerprint density at radius 2 is 2.03 bits per heavy atom. The fraction of sp³-hybridized carbons (Fsp3) is 0.545. The molecule has 2 aromatic rings. The molecule has 5 rings (SSSR count). The fourth-order valence-electron chi connectivity index (χ4n) is 5.15. The summed E-state index contributed by atoms with van der Waals surface area (Å²) in [5.41, 5.74) is 4.87. The van der Waals surface area contributed by atoms with Gasteiger partial charge < -0.3 is 34.9 Å². The van der Waals surface area contributed by atoms with E-state index in [4.69, 9.17) is 9.47 Å². The third-order valence-electron chi connectivity index (χ3n) is 6.74. The fourth-order valence-corrected chi connectivity index (χ4v) is 5.15. The largest absolute Gasteiger partial charge is 0.394 e. The average Bonchev–Trinajstić information content (AvgIpc) is 3.17. The van der Waals surface area contributed by atoms with Crippen LogP contribution in [0.2, 0.25) is 0 Å². The minimum atomic E-state index is -1.43. The van der Waals surface area contributed by atoms with Crippen molar-refractivity contribution < 1.29 is 29.9 Å². The van der Waals surface area contributed by atoms with Gasteiger partial charge in [0.2, 0.25) is 0 Å². The third kappa shape index (κ3) is 3.20. The summed E-state index contributed by atoms with van der Waals surface area (Å²) in [5.74, 6) is 0.240. The van der Waals surface area contributed by atoms with Gasteiger partial charge in [-0.15, -0.1) is 0 Å². The van der Waals surface area contributed by atoms with Gasteiger partial charge in [-0.1, -0.05) is 18.2 Å². The maximum Gasteiger partial charge on any atom is 0.187 e. The molecule has 0 saturated carbocycles. The van der Waals surface area contributed by atoms with Gasteiger partial charge in [0, 0.05) is 35.6 Å². The van der Waals surface area contributed by atoms with Crippen molar-refractivity contribution in [2.45, 2.75) is 49.1 Å². The van der Waals surface area contributed by atoms with E-state index in [1.165, 1.54) is 16.5 Å². The maximum atomic E-state index is 10.2. The lowest BCUT2D eigenvalue weighted by atomic mass is 9.77. The summed E-state index contributed by atoms with van der Waals surface area (Å²) in [4.78, 5) is 5.70. The Hall–Kier alpha value is -1.78. The number of nitrogens with zero attached hydrogens (tertiary/aromatic N) is 1. The minimum Gasteiger partial charge on any atom is -0.394 e. The zero-order valence-corrected chi connectivity index (χ0v) is 16.8. The van der Waals surface area contributed by atoms with E-state index in [1.807, 2.05) is 0 Å². The molecule has 3 aliphatic rings. The highest BCUT2D eigenvalue weighted by Gasteiger charge is 2.44. The second kappa shape index (κ2) is 7.72. The number of nitrogens with one attached hydrogen (secondary N) is 1. The number of ether oxygens (including phenoxy) is 2. The van der Waals surface area contributed by atoms with Crippen molar-refractivity contribution in [3.63, 3.8) is 0 Å². The summed E-state index contributed by atoms with van der Waals surface area (Å²) in [7, 11) is 2.11. The SMILES string of the molecule is CN1CC(CO[C@@H]2O[C@H](CO)[C@H](O)[C@H](O)[C@H]2O)=C[C@@H]2c3cccc4[nH]cc(c34)C[C@H]21. The quantitative estimate of drug-likeness (QED) is 0.441. The van der Waals surface area contributed by atoms with Crippen LogP contribution in [0.15, 0.2) is 36.0 Å². The Bertz CT molecular complexity index is 956. The zero-order valence-electron chi connectivity index (χ0n) is 16.8. The van der Waals surface area contributed by atoms with Crippen LogP contribution < -0.4 is 0 Å². The first kappa shape index (κ1) is 20.1. The van der Waals surface area contributed by atoms with E-state index in [9.17, 15) is 20.4 Å². The van der Waals surface area contributed by atoms with Gasteiger partial charge in [0.25, 0.3) is 0 Å². The van der Waals surface area contributed by atoms with Crippen molar-refractivity contribution >= 4 is 10.9 Å². The number of hydrogen-bond donors (Lipinski definition) is 5. The van der Waals surface area contributed by atoms with E-state index in [0.717, 1.165) is 24.1 Å². The second-order valence-corrected chi connectivity index (χ2v) is 8.63. The highest BCUT2D eigenvalue weighted by Crippen LogP contribution is 2.41. The monoisotopic (exact) mass is 416 g/mol. The van der Waals surface area contributed by atoms with E-state index in [2.05, 4.69) is 47.4 Å². The predicted molar refractivity (Wildman–Crippen MR) is 109 cm³/mol. The van der Waals surface area contributed by atoms with Crippen molar-refractivity contribution in [2.24, 2.45) is 0 Å². The van der Waals surface area contributed by atoms with Gasteiger partial charge in [0.1, 0.15) is 24.4 Å². The van der Waals surface area contributed by atoms with E-state index < -0.39 is 37.3 Å². The number of hydrogen-bond acceptors (Lipinski definition) is 7. The third-order valence-corrected chi connectivity index (χ3v) is 6.74. The molecule has 1 saturated heterocycles. The van der Waals surface area contributed by atoms with Crippen LogP contribution in [0.5, 0.6) is 0 Å². The molecule has 1 fully saturated rings. The molecule has 8 nitrogen and oxygen atoms in total. The molecule has 7 atom stereocenters. The van der Waals surface area contributed by atoms with E-state index in [-0.39, 0.29) is 12.5 Å². The van der Waals surface area contributed by atoms with Gasteiger partial charge in [-0.2, -0.15) is 0 Å². The highest BCUT2D eigenvalue weighted by molar-refractivity contribution is 5.88. The van der Waals surface area contributed by atoms with Crippen LogP contribution in [0, 0.1) is 0 Å². The number of H-pyrrole nitrogens is 1. The molecule has 0 radical (unpaired) electrons. The van der Waals surface area contributed by atoms with E-state index >= 15 is 0 Å². The maximum absolute atomic E-state index is 10.2. The Morgan fingerprint density at radius 1 is 1.20 bits per heavy atom. The van der Waals surface area contributed by atoms with Crippen molar-refractivity contribution in [3.8, 4) is 0 Å². The lowest BCUT2D eigenvalue weighted by Gasteiger charge is -2.42. The number of likely N-dealkylation sites (N-methyl/N-ethyl adjacent to an activating group) is 1. The normalized spacial score (nSPS) is 36.6. The number of rotatable bonds is 4. The average molecular weight is 416 g/mol. The summed E-state index contributed by atoms with van der Waals surface area (Å²) >= 11 is 0. The molecule has 8 heteroatoms. The van der Waals surface area contributed by atoms with E-state index in [1.54, 1.807) is 0 Å². The first-order chi connectivity index (χ1) is 14.5. The molecular formula is C22H28N2O6. The predicted octanol–water partition coefficient (Wildman–Crippen LogP) is -0.135. The summed E-state index contributed by atoms with van der Waals surface area (Å²) in [5, 5.41) is 40.7. The molecule has 30 heavy (non-hydrogen) atoms. The molecule has 2 aliphatic heterocycles. The highest BCUT2D eigenvalue weighted by atomic mass is 16.7. The Balaban J connectivity index is 1.36. The molecule has 5 N–H and O–H groups in total. The Morgan fingerprint density at radius 3 is 2.83 bits per heavy atom. The first-order valence-electron chi connectivity index (χ1n) is 10.4. The molecule has 1 aromatic heterocycles. The van der Waals surface area contributed by atoms with Crippen LogP contribution >= 0.6 is 0 Å². The van der Waals surface area contributed by atoms with E-state index in [0.29, 0.717) is 6.04 Å². The summed E-state index contributed by atoms with van der Waals surface area (Å²) < 4.78 is 11.2. The Labute approximate surface area is 174 Å². The molecule has 0 unspecified atom stereocenters. The molecular weight excluding hydrogens is 388 g/mol. The Kier molecular flexibility index (Phi) is 5.19. The van der Waals surface area contributed by atoms with Crippen LogP contribution in [-0.4, -0.2) is 93.9 Å². The number of aromatic amines is 1. The molecule has 1 aliphatic carbocycles. The smallest absolute Gasteiger partial charge is 0.187 e. The molecule has 3 heterocycles. The molecule has 0 amide bonds. The van der Waals surface area contributed by atoms with Crippen molar-refractivity contribution in [1.29, 1.82) is 0 Å². The number of aromatic nitrogens is 1. The van der Waals surface area contributed by atoms with Crippen LogP contribution in [0.1, 0.15) is 17.0 Å². The summed E-state index contributed by atoms with van der Waals surface area (Å²) in [6.45, 7) is 0.490. The lowest BCUT2D eigenvalue weighted by Crippen LogP contribution is -2.59. The van der Waals surface area contributed by atoms with Crippen LogP contribution in [0.4, 0.5) is 0 Å². The molecule has 162 valence electrons. The number of fused-ring (bicyclic) bond motifs is 2. The lowest BCUT2D eigenvalue weighted by molar-refractivity contribution is -0.299. The number of aliphatic hydroxyl groups is 4. The van der Waals surface area contributed by atoms with Gasteiger partial charge in [-0.25, -0.2) is 0 Å². The summed E-state index contributed by atoms with van der Waals surface area (Å²) in [6.07, 6.45) is -0.947. The number of benzene rings is 1. The standard InChI is InChI=1S/C22H28N2O6/c1-24-8-11(10-29-22-21(28)20(27)19(26)17(9-25)30-22)5-14-13-3-2-4-15-18(13)12(7-23-15)6-16(14)24/h2-5,7,14,16-17,19-23,25-28H,6,8-10H2,1H3/t14-,16-,17-,19+,20+,21-,22-/m1/s1. The minimum absolute atomic E-state index is 0.228. The van der Waals surface area contributed by atoms with Gasteiger partial charge in [-0.05, 0) is 36.2 Å². The van der Waals surface area contributed by atoms with Gasteiger partial charge in [0.15, 0.2) is 6.29 Å². The van der Waals surface area contributed by atoms with Gasteiger partial charge in [0.05, 0.1) is 13.2 Å². The van der Waals surface area contributed by atoms with Crippen LogP contribution in [-0.2, 0) is 15.9 Å². The molecule has 1 aromatic carbocycles. The first-order valence-corrected chi connectivity index (χ1v) is 10.4. The van der Waals surface area contributed by atoms with Crippen LogP contribution in [0.25, 0.3) is 10.9 Å². The topological polar surface area (TPSA) is 118 Å². The van der Waals surface area contributed by atoms with Crippen molar-refractivity contribution in [1.82, 2.24) is 9.88 Å². The number of aliphatic hydroxyl groups excluding tert-OH is 4. The molecule has 0 bridgehead atoms. The van der Waals surface area contributed by atoms with Gasteiger partial charge >= 0.3 is 0 Å².